The number of nitriles is 1. The predicted molar refractivity (Wildman–Crippen MR) is 71.2 cm³/mol. The molecular weight excluding hydrogens is 294 g/mol. The molecule has 2 aromatic rings. The maximum atomic E-state index is 8.93. The quantitative estimate of drug-likeness (QED) is 0.855. The molecule has 0 N–H and O–H groups in total. The molecule has 0 atom stereocenters. The monoisotopic (exact) mass is 303 g/mol. The molecule has 1 heterocycles. The molecule has 0 aliphatic rings. The van der Waals surface area contributed by atoms with Crippen LogP contribution in [0.25, 0.3) is 11.4 Å². The Morgan fingerprint density at radius 1 is 1.28 bits per heavy atom. The van der Waals surface area contributed by atoms with Crippen molar-refractivity contribution in [3.8, 4) is 23.2 Å². The molecular formula is C13H10BrN3O. The second-order valence-electron chi connectivity index (χ2n) is 3.67. The summed E-state index contributed by atoms with van der Waals surface area (Å²) in [6.45, 7) is 1.83. The lowest BCUT2D eigenvalue weighted by Gasteiger charge is -2.08. The summed E-state index contributed by atoms with van der Waals surface area (Å²) in [5, 5.41) is 8.93. The molecule has 2 rings (SSSR count). The SMILES string of the molecule is COc1ccc(Br)cc1-c1nc(C)cc(C#N)n1. The molecule has 1 aromatic carbocycles. The molecule has 90 valence electrons. The van der Waals surface area contributed by atoms with Crippen molar-refractivity contribution < 1.29 is 4.74 Å². The molecule has 0 bridgehead atoms. The average Bonchev–Trinajstić information content (AvgIpc) is 2.38. The van der Waals surface area contributed by atoms with E-state index in [2.05, 4.69) is 25.9 Å². The van der Waals surface area contributed by atoms with Gasteiger partial charge >= 0.3 is 0 Å². The number of rotatable bonds is 2. The van der Waals surface area contributed by atoms with Crippen molar-refractivity contribution in [1.29, 1.82) is 5.26 Å². The highest BCUT2D eigenvalue weighted by Gasteiger charge is 2.11. The summed E-state index contributed by atoms with van der Waals surface area (Å²) >= 11 is 3.40. The lowest BCUT2D eigenvalue weighted by molar-refractivity contribution is 0.416. The van der Waals surface area contributed by atoms with Crippen molar-refractivity contribution in [2.24, 2.45) is 0 Å². The first-order valence-corrected chi connectivity index (χ1v) is 6.03. The minimum Gasteiger partial charge on any atom is -0.496 e. The van der Waals surface area contributed by atoms with E-state index in [4.69, 9.17) is 10.00 Å². The predicted octanol–water partition coefficient (Wildman–Crippen LogP) is 3.09. The summed E-state index contributed by atoms with van der Waals surface area (Å²) in [7, 11) is 1.59. The number of benzene rings is 1. The van der Waals surface area contributed by atoms with Crippen LogP contribution in [0.4, 0.5) is 0 Å². The number of hydrogen-bond acceptors (Lipinski definition) is 4. The fourth-order valence-corrected chi connectivity index (χ4v) is 1.96. The van der Waals surface area contributed by atoms with Crippen LogP contribution in [0.3, 0.4) is 0 Å². The Balaban J connectivity index is 2.65. The number of methoxy groups -OCH3 is 1. The van der Waals surface area contributed by atoms with Gasteiger partial charge in [0.05, 0.1) is 12.7 Å². The van der Waals surface area contributed by atoms with E-state index in [1.807, 2.05) is 31.2 Å². The van der Waals surface area contributed by atoms with Gasteiger partial charge < -0.3 is 4.74 Å². The third-order valence-corrected chi connectivity index (χ3v) is 2.86. The highest BCUT2D eigenvalue weighted by Crippen LogP contribution is 2.30. The average molecular weight is 304 g/mol. The van der Waals surface area contributed by atoms with E-state index in [0.29, 0.717) is 17.3 Å². The molecule has 0 saturated carbocycles. The summed E-state index contributed by atoms with van der Waals surface area (Å²) in [5.41, 5.74) is 1.85. The Morgan fingerprint density at radius 3 is 2.72 bits per heavy atom. The molecule has 4 nitrogen and oxygen atoms in total. The third kappa shape index (κ3) is 2.49. The molecule has 0 unspecified atom stereocenters. The molecule has 0 aliphatic heterocycles. The fourth-order valence-electron chi connectivity index (χ4n) is 1.60. The summed E-state index contributed by atoms with van der Waals surface area (Å²) in [4.78, 5) is 8.54. The van der Waals surface area contributed by atoms with Crippen molar-refractivity contribution in [2.75, 3.05) is 7.11 Å². The van der Waals surface area contributed by atoms with Crippen molar-refractivity contribution in [3.05, 3.63) is 40.1 Å². The topological polar surface area (TPSA) is 58.8 Å². The van der Waals surface area contributed by atoms with Gasteiger partial charge in [0.1, 0.15) is 17.5 Å². The molecule has 0 radical (unpaired) electrons. The van der Waals surface area contributed by atoms with Gasteiger partial charge in [0.15, 0.2) is 5.82 Å². The van der Waals surface area contributed by atoms with Crippen LogP contribution in [0.1, 0.15) is 11.4 Å². The Hall–Kier alpha value is -1.93. The fraction of sp³-hybridized carbons (Fsp3) is 0.154. The molecule has 0 spiro atoms. The van der Waals surface area contributed by atoms with Crippen LogP contribution >= 0.6 is 15.9 Å². The van der Waals surface area contributed by atoms with Gasteiger partial charge in [-0.15, -0.1) is 0 Å². The Morgan fingerprint density at radius 2 is 2.06 bits per heavy atom. The van der Waals surface area contributed by atoms with Gasteiger partial charge in [0, 0.05) is 10.2 Å². The van der Waals surface area contributed by atoms with E-state index in [9.17, 15) is 0 Å². The molecule has 5 heteroatoms. The minimum absolute atomic E-state index is 0.347. The lowest BCUT2D eigenvalue weighted by Crippen LogP contribution is -1.97. The van der Waals surface area contributed by atoms with Crippen molar-refractivity contribution >= 4 is 15.9 Å². The lowest BCUT2D eigenvalue weighted by atomic mass is 10.2. The van der Waals surface area contributed by atoms with Gasteiger partial charge in [0.25, 0.3) is 0 Å². The number of nitrogens with zero attached hydrogens (tertiary/aromatic N) is 3. The number of hydrogen-bond donors (Lipinski definition) is 0. The highest BCUT2D eigenvalue weighted by atomic mass is 79.9. The maximum Gasteiger partial charge on any atom is 0.164 e. The van der Waals surface area contributed by atoms with Crippen LogP contribution in [0.15, 0.2) is 28.7 Å². The van der Waals surface area contributed by atoms with E-state index in [-0.39, 0.29) is 0 Å². The van der Waals surface area contributed by atoms with Gasteiger partial charge in [-0.05, 0) is 31.2 Å². The zero-order valence-electron chi connectivity index (χ0n) is 9.94. The molecule has 0 fully saturated rings. The minimum atomic E-state index is 0.347. The summed E-state index contributed by atoms with van der Waals surface area (Å²) in [6, 6.07) is 9.25. The van der Waals surface area contributed by atoms with E-state index in [1.54, 1.807) is 13.2 Å². The largest absolute Gasteiger partial charge is 0.496 e. The highest BCUT2D eigenvalue weighted by molar-refractivity contribution is 9.10. The number of ether oxygens (including phenoxy) is 1. The van der Waals surface area contributed by atoms with Crippen LogP contribution in [0, 0.1) is 18.3 Å². The van der Waals surface area contributed by atoms with E-state index >= 15 is 0 Å². The second-order valence-corrected chi connectivity index (χ2v) is 4.59. The van der Waals surface area contributed by atoms with Crippen molar-refractivity contribution in [3.63, 3.8) is 0 Å². The molecule has 18 heavy (non-hydrogen) atoms. The van der Waals surface area contributed by atoms with Gasteiger partial charge in [-0.2, -0.15) is 5.26 Å². The first-order valence-electron chi connectivity index (χ1n) is 5.23. The zero-order chi connectivity index (χ0) is 13.1. The first-order chi connectivity index (χ1) is 8.63. The third-order valence-electron chi connectivity index (χ3n) is 2.37. The number of halogens is 1. The summed E-state index contributed by atoms with van der Waals surface area (Å²) in [5.74, 6) is 1.16. The molecule has 1 aromatic heterocycles. The van der Waals surface area contributed by atoms with Gasteiger partial charge in [-0.3, -0.25) is 0 Å². The Labute approximate surface area is 113 Å². The van der Waals surface area contributed by atoms with Crippen molar-refractivity contribution in [1.82, 2.24) is 9.97 Å². The van der Waals surface area contributed by atoms with E-state index in [0.717, 1.165) is 15.7 Å². The van der Waals surface area contributed by atoms with Gasteiger partial charge in [-0.1, -0.05) is 15.9 Å². The zero-order valence-corrected chi connectivity index (χ0v) is 11.5. The van der Waals surface area contributed by atoms with Crippen LogP contribution < -0.4 is 4.74 Å². The Kier molecular flexibility index (Phi) is 3.58. The summed E-state index contributed by atoms with van der Waals surface area (Å²) < 4.78 is 6.19. The Bertz CT molecular complexity index is 635. The molecule has 0 saturated heterocycles. The van der Waals surface area contributed by atoms with Crippen LogP contribution in [-0.4, -0.2) is 17.1 Å². The van der Waals surface area contributed by atoms with E-state index < -0.39 is 0 Å². The number of aryl methyl sites for hydroxylation is 1. The first kappa shape index (κ1) is 12.5. The van der Waals surface area contributed by atoms with Crippen LogP contribution in [0.5, 0.6) is 5.75 Å². The van der Waals surface area contributed by atoms with Crippen molar-refractivity contribution in [2.45, 2.75) is 6.92 Å². The molecule has 0 aliphatic carbocycles. The number of aromatic nitrogens is 2. The standard InChI is InChI=1S/C13H10BrN3O/c1-8-5-10(7-15)17-13(16-8)11-6-9(14)3-4-12(11)18-2/h3-6H,1-2H3. The smallest absolute Gasteiger partial charge is 0.164 e. The van der Waals surface area contributed by atoms with Gasteiger partial charge in [0.2, 0.25) is 0 Å². The summed E-state index contributed by atoms with van der Waals surface area (Å²) in [6.07, 6.45) is 0. The van der Waals surface area contributed by atoms with Gasteiger partial charge in [-0.25, -0.2) is 9.97 Å². The van der Waals surface area contributed by atoms with Crippen LogP contribution in [0.2, 0.25) is 0 Å². The van der Waals surface area contributed by atoms with Crippen LogP contribution in [-0.2, 0) is 0 Å². The normalized spacial score (nSPS) is 9.89. The second kappa shape index (κ2) is 5.15. The van der Waals surface area contributed by atoms with E-state index in [1.165, 1.54) is 0 Å². The molecule has 0 amide bonds. The maximum absolute atomic E-state index is 8.93.